The van der Waals surface area contributed by atoms with E-state index in [1.54, 1.807) is 12.1 Å². The van der Waals surface area contributed by atoms with Crippen molar-refractivity contribution in [2.45, 2.75) is 20.0 Å². The van der Waals surface area contributed by atoms with Crippen LogP contribution in [-0.2, 0) is 0 Å². The van der Waals surface area contributed by atoms with Gasteiger partial charge in [-0.25, -0.2) is 4.98 Å². The number of hydrogen-bond acceptors (Lipinski definition) is 4. The van der Waals surface area contributed by atoms with Gasteiger partial charge in [0.2, 0.25) is 0 Å². The first-order valence-corrected chi connectivity index (χ1v) is 5.81. The number of aromatic nitrogens is 2. The van der Waals surface area contributed by atoms with E-state index in [0.717, 1.165) is 16.8 Å². The van der Waals surface area contributed by atoms with Gasteiger partial charge in [-0.15, -0.1) is 0 Å². The van der Waals surface area contributed by atoms with E-state index >= 15 is 0 Å². The molecule has 0 aliphatic carbocycles. The molecule has 1 unspecified atom stereocenters. The van der Waals surface area contributed by atoms with Gasteiger partial charge in [0.1, 0.15) is 6.10 Å². The molecule has 4 heteroatoms. The summed E-state index contributed by atoms with van der Waals surface area (Å²) in [6.45, 7) is 3.69. The molecule has 0 amide bonds. The van der Waals surface area contributed by atoms with Crippen molar-refractivity contribution in [1.29, 1.82) is 0 Å². The molecule has 0 spiro atoms. The van der Waals surface area contributed by atoms with Crippen molar-refractivity contribution in [3.05, 3.63) is 47.3 Å². The molecule has 0 saturated carbocycles. The van der Waals surface area contributed by atoms with Gasteiger partial charge in [-0.05, 0) is 43.2 Å². The van der Waals surface area contributed by atoms with Gasteiger partial charge in [0.15, 0.2) is 0 Å². The second kappa shape index (κ2) is 5.25. The molecule has 0 fully saturated rings. The fraction of sp³-hybridized carbons (Fsp3) is 0.286. The van der Waals surface area contributed by atoms with Crippen LogP contribution in [0.5, 0.6) is 0 Å². The summed E-state index contributed by atoms with van der Waals surface area (Å²) in [7, 11) is 0. The maximum Gasteiger partial charge on any atom is 0.119 e. The van der Waals surface area contributed by atoms with Gasteiger partial charge in [-0.1, -0.05) is 6.07 Å². The van der Waals surface area contributed by atoms with Crippen molar-refractivity contribution in [2.75, 3.05) is 6.61 Å². The van der Waals surface area contributed by atoms with E-state index in [0.29, 0.717) is 11.4 Å². The lowest BCUT2D eigenvalue weighted by atomic mass is 10.1. The number of aliphatic hydroxyl groups is 2. The average molecular weight is 244 g/mol. The molecule has 18 heavy (non-hydrogen) atoms. The molecular formula is C14H16N2O2. The minimum atomic E-state index is -0.948. The van der Waals surface area contributed by atoms with Crippen LogP contribution in [0.2, 0.25) is 0 Å². The number of rotatable bonds is 3. The lowest BCUT2D eigenvalue weighted by Gasteiger charge is -2.09. The molecule has 2 aromatic heterocycles. The fourth-order valence-corrected chi connectivity index (χ4v) is 1.64. The smallest absolute Gasteiger partial charge is 0.119 e. The van der Waals surface area contributed by atoms with Crippen LogP contribution in [0.3, 0.4) is 0 Å². The average Bonchev–Trinajstić information content (AvgIpc) is 2.41. The second-order valence-corrected chi connectivity index (χ2v) is 4.30. The Morgan fingerprint density at radius 3 is 2.61 bits per heavy atom. The Labute approximate surface area is 106 Å². The summed E-state index contributed by atoms with van der Waals surface area (Å²) in [5, 5.41) is 18.5. The fourth-order valence-electron chi connectivity index (χ4n) is 1.64. The molecule has 0 aliphatic heterocycles. The summed E-state index contributed by atoms with van der Waals surface area (Å²) < 4.78 is 0. The van der Waals surface area contributed by atoms with E-state index in [9.17, 15) is 5.11 Å². The Balaban J connectivity index is 2.41. The van der Waals surface area contributed by atoms with Crippen molar-refractivity contribution < 1.29 is 10.2 Å². The molecule has 0 bridgehead atoms. The van der Waals surface area contributed by atoms with Gasteiger partial charge in [0, 0.05) is 6.20 Å². The molecule has 1 atom stereocenters. The zero-order valence-electron chi connectivity index (χ0n) is 10.5. The van der Waals surface area contributed by atoms with Crippen molar-refractivity contribution in [1.82, 2.24) is 9.97 Å². The molecule has 94 valence electrons. The van der Waals surface area contributed by atoms with E-state index in [1.807, 2.05) is 32.2 Å². The van der Waals surface area contributed by atoms with Gasteiger partial charge in [-0.3, -0.25) is 4.98 Å². The minimum absolute atomic E-state index is 0.337. The number of aryl methyl sites for hydroxylation is 2. The van der Waals surface area contributed by atoms with Crippen LogP contribution in [0.4, 0.5) is 0 Å². The Morgan fingerprint density at radius 2 is 1.94 bits per heavy atom. The molecule has 0 saturated heterocycles. The summed E-state index contributed by atoms with van der Waals surface area (Å²) >= 11 is 0. The van der Waals surface area contributed by atoms with E-state index in [4.69, 9.17) is 5.11 Å². The third-order valence-corrected chi connectivity index (χ3v) is 2.92. The maximum atomic E-state index is 9.57. The largest absolute Gasteiger partial charge is 0.393 e. The van der Waals surface area contributed by atoms with Crippen molar-refractivity contribution >= 4 is 0 Å². The Bertz CT molecular complexity index is 555. The zero-order chi connectivity index (χ0) is 13.1. The van der Waals surface area contributed by atoms with Crippen LogP contribution in [0.15, 0.2) is 30.5 Å². The Morgan fingerprint density at radius 1 is 1.17 bits per heavy atom. The number of hydrogen-bond donors (Lipinski definition) is 2. The minimum Gasteiger partial charge on any atom is -0.393 e. The molecule has 2 N–H and O–H groups in total. The van der Waals surface area contributed by atoms with Crippen LogP contribution in [-0.4, -0.2) is 26.8 Å². The Kier molecular flexibility index (Phi) is 3.69. The normalized spacial score (nSPS) is 12.4. The van der Waals surface area contributed by atoms with Crippen molar-refractivity contribution in [3.8, 4) is 11.4 Å². The lowest BCUT2D eigenvalue weighted by molar-refractivity contribution is 0.0923. The van der Waals surface area contributed by atoms with E-state index in [1.165, 1.54) is 0 Å². The molecular weight excluding hydrogens is 228 g/mol. The molecule has 2 aromatic rings. The van der Waals surface area contributed by atoms with Crippen molar-refractivity contribution in [3.63, 3.8) is 0 Å². The summed E-state index contributed by atoms with van der Waals surface area (Å²) in [6.07, 6.45) is 0.859. The van der Waals surface area contributed by atoms with Crippen molar-refractivity contribution in [2.24, 2.45) is 0 Å². The Hall–Kier alpha value is -1.78. The first-order chi connectivity index (χ1) is 8.61. The van der Waals surface area contributed by atoms with Crippen LogP contribution < -0.4 is 0 Å². The van der Waals surface area contributed by atoms with E-state index in [-0.39, 0.29) is 6.61 Å². The third-order valence-electron chi connectivity index (χ3n) is 2.92. The molecule has 0 aliphatic rings. The van der Waals surface area contributed by atoms with Gasteiger partial charge in [-0.2, -0.15) is 0 Å². The first-order valence-electron chi connectivity index (χ1n) is 5.81. The van der Waals surface area contributed by atoms with Gasteiger partial charge >= 0.3 is 0 Å². The monoisotopic (exact) mass is 244 g/mol. The number of pyridine rings is 2. The molecule has 2 heterocycles. The highest BCUT2D eigenvalue weighted by molar-refractivity contribution is 5.55. The SMILES string of the molecule is Cc1cnc(-c2cccc(C(O)CO)n2)cc1C. The van der Waals surface area contributed by atoms with Gasteiger partial charge < -0.3 is 10.2 Å². The standard InChI is InChI=1S/C14H16N2O2/c1-9-6-13(15-7-10(9)2)11-4-3-5-12(16-11)14(18)8-17/h3-7,14,17-18H,8H2,1-2H3. The summed E-state index contributed by atoms with van der Waals surface area (Å²) in [5.74, 6) is 0. The quantitative estimate of drug-likeness (QED) is 0.863. The molecule has 0 radical (unpaired) electrons. The zero-order valence-corrected chi connectivity index (χ0v) is 10.5. The third kappa shape index (κ3) is 2.55. The first kappa shape index (κ1) is 12.7. The van der Waals surface area contributed by atoms with E-state index in [2.05, 4.69) is 9.97 Å². The van der Waals surface area contributed by atoms with Gasteiger partial charge in [0.25, 0.3) is 0 Å². The summed E-state index contributed by atoms with van der Waals surface area (Å²) in [4.78, 5) is 8.64. The van der Waals surface area contributed by atoms with Crippen LogP contribution in [0, 0.1) is 13.8 Å². The second-order valence-electron chi connectivity index (χ2n) is 4.30. The highest BCUT2D eigenvalue weighted by Crippen LogP contribution is 2.19. The highest BCUT2D eigenvalue weighted by Gasteiger charge is 2.09. The predicted octanol–water partition coefficient (Wildman–Crippen LogP) is 1.79. The molecule has 2 rings (SSSR count). The predicted molar refractivity (Wildman–Crippen MR) is 69.0 cm³/mol. The maximum absolute atomic E-state index is 9.57. The number of nitrogens with zero attached hydrogens (tertiary/aromatic N) is 2. The van der Waals surface area contributed by atoms with Crippen LogP contribution >= 0.6 is 0 Å². The van der Waals surface area contributed by atoms with E-state index < -0.39 is 6.10 Å². The lowest BCUT2D eigenvalue weighted by Crippen LogP contribution is -2.05. The number of aliphatic hydroxyl groups excluding tert-OH is 2. The summed E-state index contributed by atoms with van der Waals surface area (Å²) in [6, 6.07) is 7.29. The van der Waals surface area contributed by atoms with Gasteiger partial charge in [0.05, 0.1) is 23.7 Å². The molecule has 4 nitrogen and oxygen atoms in total. The van der Waals surface area contributed by atoms with Crippen LogP contribution in [0.25, 0.3) is 11.4 Å². The van der Waals surface area contributed by atoms with Crippen LogP contribution in [0.1, 0.15) is 22.9 Å². The highest BCUT2D eigenvalue weighted by atomic mass is 16.3. The molecule has 0 aromatic carbocycles. The summed E-state index contributed by atoms with van der Waals surface area (Å²) in [5.41, 5.74) is 4.20. The topological polar surface area (TPSA) is 66.2 Å².